The largest absolute Gasteiger partial charge is 0.497 e. The lowest BCUT2D eigenvalue weighted by molar-refractivity contribution is -0.120. The van der Waals surface area contributed by atoms with Crippen LogP contribution in [0.5, 0.6) is 11.5 Å². The third kappa shape index (κ3) is 5.02. The Morgan fingerprint density at radius 3 is 2.57 bits per heavy atom. The summed E-state index contributed by atoms with van der Waals surface area (Å²) in [5.74, 6) is 1.67. The van der Waals surface area contributed by atoms with E-state index in [-0.39, 0.29) is 5.91 Å². The van der Waals surface area contributed by atoms with Crippen LogP contribution < -0.4 is 14.8 Å². The summed E-state index contributed by atoms with van der Waals surface area (Å²) in [4.78, 5) is 12.0. The maximum atomic E-state index is 12.0. The number of hydrogen-bond donors (Lipinski definition) is 1. The van der Waals surface area contributed by atoms with Crippen molar-refractivity contribution in [3.63, 3.8) is 0 Å². The van der Waals surface area contributed by atoms with Crippen molar-refractivity contribution in [2.45, 2.75) is 19.8 Å². The van der Waals surface area contributed by atoms with Crippen LogP contribution in [0.25, 0.3) is 0 Å². The Labute approximate surface area is 137 Å². The molecule has 0 unspecified atom stereocenters. The second kappa shape index (κ2) is 8.22. The minimum absolute atomic E-state index is 0.0171. The van der Waals surface area contributed by atoms with Crippen molar-refractivity contribution in [2.75, 3.05) is 20.8 Å². The summed E-state index contributed by atoms with van der Waals surface area (Å²) < 4.78 is 10.4. The van der Waals surface area contributed by atoms with Crippen LogP contribution in [0, 0.1) is 6.92 Å². The Bertz CT molecular complexity index is 667. The van der Waals surface area contributed by atoms with Crippen LogP contribution >= 0.6 is 0 Å². The van der Waals surface area contributed by atoms with Gasteiger partial charge in [-0.3, -0.25) is 4.79 Å². The van der Waals surface area contributed by atoms with Gasteiger partial charge in [0.1, 0.15) is 11.5 Å². The van der Waals surface area contributed by atoms with Crippen LogP contribution in [0.15, 0.2) is 42.5 Å². The first-order valence-corrected chi connectivity index (χ1v) is 7.65. The van der Waals surface area contributed by atoms with Gasteiger partial charge in [0, 0.05) is 6.54 Å². The van der Waals surface area contributed by atoms with Gasteiger partial charge in [-0.05, 0) is 48.2 Å². The molecule has 0 aliphatic carbocycles. The molecular weight excluding hydrogens is 290 g/mol. The molecule has 2 aromatic carbocycles. The van der Waals surface area contributed by atoms with Crippen molar-refractivity contribution in [2.24, 2.45) is 0 Å². The van der Waals surface area contributed by atoms with E-state index in [1.165, 1.54) is 5.56 Å². The van der Waals surface area contributed by atoms with Gasteiger partial charge in [0.05, 0.1) is 20.6 Å². The van der Waals surface area contributed by atoms with E-state index in [0.717, 1.165) is 29.0 Å². The van der Waals surface area contributed by atoms with E-state index >= 15 is 0 Å². The molecule has 2 rings (SSSR count). The number of carbonyl (C=O) groups excluding carboxylic acids is 1. The average molecular weight is 313 g/mol. The first kappa shape index (κ1) is 16.9. The van der Waals surface area contributed by atoms with E-state index in [9.17, 15) is 4.79 Å². The van der Waals surface area contributed by atoms with Crippen molar-refractivity contribution in [1.82, 2.24) is 5.32 Å². The fourth-order valence-electron chi connectivity index (χ4n) is 2.47. The number of rotatable bonds is 7. The zero-order valence-electron chi connectivity index (χ0n) is 13.9. The number of ether oxygens (including phenoxy) is 2. The number of amides is 1. The normalized spacial score (nSPS) is 10.2. The van der Waals surface area contributed by atoms with Gasteiger partial charge in [0.15, 0.2) is 0 Å². The lowest BCUT2D eigenvalue weighted by Crippen LogP contribution is -2.27. The Hall–Kier alpha value is -2.49. The predicted octanol–water partition coefficient (Wildman–Crippen LogP) is 2.91. The van der Waals surface area contributed by atoms with E-state index in [2.05, 4.69) is 11.4 Å². The monoisotopic (exact) mass is 313 g/mol. The summed E-state index contributed by atoms with van der Waals surface area (Å²) in [6.07, 6.45) is 1.16. The molecule has 2 aromatic rings. The Kier molecular flexibility index (Phi) is 6.03. The number of benzene rings is 2. The topological polar surface area (TPSA) is 47.6 Å². The molecule has 0 saturated heterocycles. The van der Waals surface area contributed by atoms with Gasteiger partial charge in [0.25, 0.3) is 0 Å². The molecule has 0 aliphatic heterocycles. The van der Waals surface area contributed by atoms with E-state index in [1.807, 2.05) is 43.3 Å². The van der Waals surface area contributed by atoms with Crippen LogP contribution in [0.3, 0.4) is 0 Å². The van der Waals surface area contributed by atoms with E-state index in [4.69, 9.17) is 9.47 Å². The van der Waals surface area contributed by atoms with Crippen LogP contribution in [0.2, 0.25) is 0 Å². The molecule has 0 heterocycles. The molecule has 0 saturated carbocycles. The fraction of sp³-hybridized carbons (Fsp3) is 0.316. The zero-order chi connectivity index (χ0) is 16.7. The Morgan fingerprint density at radius 2 is 1.87 bits per heavy atom. The van der Waals surface area contributed by atoms with E-state index < -0.39 is 0 Å². The molecular formula is C19H23NO3. The fourth-order valence-corrected chi connectivity index (χ4v) is 2.47. The summed E-state index contributed by atoms with van der Waals surface area (Å²) in [6, 6.07) is 13.6. The minimum Gasteiger partial charge on any atom is -0.497 e. The number of hydrogen-bond acceptors (Lipinski definition) is 3. The number of methoxy groups -OCH3 is 2. The van der Waals surface area contributed by atoms with Crippen LogP contribution in [0.4, 0.5) is 0 Å². The maximum absolute atomic E-state index is 12.0. The number of carbonyl (C=O) groups is 1. The van der Waals surface area contributed by atoms with Gasteiger partial charge in [-0.25, -0.2) is 0 Å². The Morgan fingerprint density at radius 1 is 1.04 bits per heavy atom. The van der Waals surface area contributed by atoms with Crippen molar-refractivity contribution < 1.29 is 14.3 Å². The van der Waals surface area contributed by atoms with Crippen molar-refractivity contribution in [1.29, 1.82) is 0 Å². The lowest BCUT2D eigenvalue weighted by atomic mass is 10.1. The van der Waals surface area contributed by atoms with Crippen LogP contribution in [0.1, 0.15) is 16.7 Å². The molecule has 0 fully saturated rings. The highest BCUT2D eigenvalue weighted by Crippen LogP contribution is 2.18. The van der Waals surface area contributed by atoms with Gasteiger partial charge >= 0.3 is 0 Å². The molecule has 0 bridgehead atoms. The molecule has 0 radical (unpaired) electrons. The standard InChI is InChI=1S/C19H23NO3/c1-14-11-15(7-8-18(14)23-3)9-10-20-19(21)13-16-5-4-6-17(12-16)22-2/h4-8,11-12H,9-10,13H2,1-3H3,(H,20,21). The second-order valence-electron chi connectivity index (χ2n) is 5.43. The third-order valence-corrected chi connectivity index (χ3v) is 3.69. The van der Waals surface area contributed by atoms with Gasteiger partial charge in [-0.15, -0.1) is 0 Å². The molecule has 1 amide bonds. The molecule has 0 aliphatic rings. The SMILES string of the molecule is COc1cccc(CC(=O)NCCc2ccc(OC)c(C)c2)c1. The summed E-state index contributed by atoms with van der Waals surface area (Å²) in [7, 11) is 3.29. The maximum Gasteiger partial charge on any atom is 0.224 e. The molecule has 4 heteroatoms. The summed E-state index contributed by atoms with van der Waals surface area (Å²) in [6.45, 7) is 2.64. The predicted molar refractivity (Wildman–Crippen MR) is 91.1 cm³/mol. The molecule has 0 atom stereocenters. The van der Waals surface area contributed by atoms with Crippen molar-refractivity contribution in [3.8, 4) is 11.5 Å². The quantitative estimate of drug-likeness (QED) is 0.855. The zero-order valence-corrected chi connectivity index (χ0v) is 13.9. The van der Waals surface area contributed by atoms with Crippen LogP contribution in [-0.2, 0) is 17.6 Å². The highest BCUT2D eigenvalue weighted by Gasteiger charge is 2.05. The Balaban J connectivity index is 1.81. The minimum atomic E-state index is 0.0171. The van der Waals surface area contributed by atoms with Gasteiger partial charge in [-0.1, -0.05) is 24.3 Å². The van der Waals surface area contributed by atoms with Gasteiger partial charge < -0.3 is 14.8 Å². The van der Waals surface area contributed by atoms with E-state index in [1.54, 1.807) is 14.2 Å². The molecule has 0 spiro atoms. The first-order valence-electron chi connectivity index (χ1n) is 7.65. The van der Waals surface area contributed by atoms with Gasteiger partial charge in [0.2, 0.25) is 5.91 Å². The smallest absolute Gasteiger partial charge is 0.224 e. The molecule has 0 aromatic heterocycles. The number of aryl methyl sites for hydroxylation is 1. The van der Waals surface area contributed by atoms with Gasteiger partial charge in [-0.2, -0.15) is 0 Å². The molecule has 1 N–H and O–H groups in total. The molecule has 122 valence electrons. The number of nitrogens with one attached hydrogen (secondary N) is 1. The summed E-state index contributed by atoms with van der Waals surface area (Å²) in [5, 5.41) is 2.95. The first-order chi connectivity index (χ1) is 11.1. The second-order valence-corrected chi connectivity index (χ2v) is 5.43. The van der Waals surface area contributed by atoms with Crippen LogP contribution in [-0.4, -0.2) is 26.7 Å². The van der Waals surface area contributed by atoms with Crippen molar-refractivity contribution in [3.05, 3.63) is 59.2 Å². The highest BCUT2D eigenvalue weighted by atomic mass is 16.5. The lowest BCUT2D eigenvalue weighted by Gasteiger charge is -2.09. The summed E-state index contributed by atoms with van der Waals surface area (Å²) >= 11 is 0. The van der Waals surface area contributed by atoms with E-state index in [0.29, 0.717) is 13.0 Å². The summed E-state index contributed by atoms with van der Waals surface area (Å²) in [5.41, 5.74) is 3.24. The molecule has 23 heavy (non-hydrogen) atoms. The highest BCUT2D eigenvalue weighted by molar-refractivity contribution is 5.78. The molecule has 4 nitrogen and oxygen atoms in total. The average Bonchev–Trinajstić information content (AvgIpc) is 2.55. The third-order valence-electron chi connectivity index (χ3n) is 3.69. The van der Waals surface area contributed by atoms with Crippen molar-refractivity contribution >= 4 is 5.91 Å².